The van der Waals surface area contributed by atoms with E-state index in [1.165, 1.54) is 34.9 Å². The van der Waals surface area contributed by atoms with Gasteiger partial charge in [-0.15, -0.1) is 11.3 Å². The summed E-state index contributed by atoms with van der Waals surface area (Å²) in [6, 6.07) is 8.89. The summed E-state index contributed by atoms with van der Waals surface area (Å²) in [5, 5.41) is 7.23. The molecule has 1 aromatic carbocycles. The number of hydrogen-bond acceptors (Lipinski definition) is 3. The Morgan fingerprint density at radius 2 is 2.17 bits per heavy atom. The molecule has 3 heteroatoms. The topological polar surface area (TPSA) is 38.0 Å². The molecule has 1 atom stereocenters. The minimum Gasteiger partial charge on any atom is -0.329 e. The van der Waals surface area contributed by atoms with E-state index in [-0.39, 0.29) is 0 Å². The monoisotopic (exact) mass is 260 g/mol. The highest BCUT2D eigenvalue weighted by atomic mass is 32.1. The fourth-order valence-corrected chi connectivity index (χ4v) is 3.47. The van der Waals surface area contributed by atoms with E-state index < -0.39 is 0 Å². The molecule has 0 radical (unpaired) electrons. The van der Waals surface area contributed by atoms with E-state index in [0.717, 1.165) is 12.5 Å². The fourth-order valence-electron chi connectivity index (χ4n) is 2.46. The van der Waals surface area contributed by atoms with Crippen molar-refractivity contribution < 1.29 is 0 Å². The van der Waals surface area contributed by atoms with E-state index in [4.69, 9.17) is 5.73 Å². The maximum Gasteiger partial charge on any atom is 0.0459 e. The van der Waals surface area contributed by atoms with Gasteiger partial charge in [0.05, 0.1) is 0 Å². The standard InChI is InChI=1S/C15H20N2S/c16-9-14(17-8-7-11-5-6-11)13-10-18-15-4-2-1-3-12(13)15/h1-4,10-11,14,17H,5-9,16H2. The first kappa shape index (κ1) is 12.2. The number of rotatable bonds is 6. The molecule has 1 saturated carbocycles. The summed E-state index contributed by atoms with van der Waals surface area (Å²) < 4.78 is 1.36. The van der Waals surface area contributed by atoms with E-state index in [2.05, 4.69) is 35.0 Å². The molecule has 3 rings (SSSR count). The molecule has 1 unspecified atom stereocenters. The second-order valence-corrected chi connectivity index (χ2v) is 6.07. The van der Waals surface area contributed by atoms with Crippen LogP contribution in [-0.4, -0.2) is 13.1 Å². The van der Waals surface area contributed by atoms with Crippen LogP contribution in [0.1, 0.15) is 30.9 Å². The van der Waals surface area contributed by atoms with Crippen molar-refractivity contribution in [2.24, 2.45) is 11.7 Å². The third kappa shape index (κ3) is 2.58. The summed E-state index contributed by atoms with van der Waals surface area (Å²) in [6.45, 7) is 1.77. The van der Waals surface area contributed by atoms with Crippen LogP contribution in [-0.2, 0) is 0 Å². The van der Waals surface area contributed by atoms with Gasteiger partial charge in [0.15, 0.2) is 0 Å². The van der Waals surface area contributed by atoms with Crippen molar-refractivity contribution in [3.8, 4) is 0 Å². The number of fused-ring (bicyclic) bond motifs is 1. The van der Waals surface area contributed by atoms with Gasteiger partial charge in [-0.25, -0.2) is 0 Å². The van der Waals surface area contributed by atoms with Crippen molar-refractivity contribution in [1.29, 1.82) is 0 Å². The summed E-state index contributed by atoms with van der Waals surface area (Å²) in [5.74, 6) is 0.982. The zero-order valence-corrected chi connectivity index (χ0v) is 11.4. The molecule has 0 aliphatic heterocycles. The average molecular weight is 260 g/mol. The van der Waals surface area contributed by atoms with Gasteiger partial charge in [-0.2, -0.15) is 0 Å². The molecule has 0 amide bonds. The lowest BCUT2D eigenvalue weighted by Crippen LogP contribution is -2.29. The predicted octanol–water partition coefficient (Wildman–Crippen LogP) is 3.29. The molecule has 3 N–H and O–H groups in total. The molecule has 1 aliphatic carbocycles. The van der Waals surface area contributed by atoms with E-state index >= 15 is 0 Å². The molecule has 1 aromatic heterocycles. The molecule has 96 valence electrons. The quantitative estimate of drug-likeness (QED) is 0.836. The van der Waals surface area contributed by atoms with Crippen LogP contribution < -0.4 is 11.1 Å². The number of benzene rings is 1. The molecular weight excluding hydrogens is 240 g/mol. The van der Waals surface area contributed by atoms with Crippen molar-refractivity contribution in [1.82, 2.24) is 5.32 Å². The van der Waals surface area contributed by atoms with Crippen molar-refractivity contribution in [3.63, 3.8) is 0 Å². The number of nitrogens with one attached hydrogen (secondary N) is 1. The first-order valence-corrected chi connectivity index (χ1v) is 7.66. The van der Waals surface area contributed by atoms with Crippen molar-refractivity contribution in [2.75, 3.05) is 13.1 Å². The molecule has 2 nitrogen and oxygen atoms in total. The minimum absolute atomic E-state index is 0.305. The highest BCUT2D eigenvalue weighted by Gasteiger charge is 2.21. The van der Waals surface area contributed by atoms with E-state index in [1.54, 1.807) is 0 Å². The third-order valence-corrected chi connectivity index (χ3v) is 4.74. The molecule has 1 heterocycles. The van der Waals surface area contributed by atoms with Gasteiger partial charge in [0, 0.05) is 17.3 Å². The zero-order valence-electron chi connectivity index (χ0n) is 10.6. The minimum atomic E-state index is 0.305. The summed E-state index contributed by atoms with van der Waals surface area (Å²) >= 11 is 1.81. The Labute approximate surface area is 112 Å². The van der Waals surface area contributed by atoms with Gasteiger partial charge in [-0.1, -0.05) is 31.0 Å². The first-order valence-electron chi connectivity index (χ1n) is 6.78. The Balaban J connectivity index is 1.72. The highest BCUT2D eigenvalue weighted by Crippen LogP contribution is 2.33. The van der Waals surface area contributed by atoms with Crippen molar-refractivity contribution >= 4 is 21.4 Å². The summed E-state index contributed by atoms with van der Waals surface area (Å²) in [4.78, 5) is 0. The predicted molar refractivity (Wildman–Crippen MR) is 79.0 cm³/mol. The fraction of sp³-hybridized carbons (Fsp3) is 0.467. The Morgan fingerprint density at radius 3 is 2.94 bits per heavy atom. The van der Waals surface area contributed by atoms with E-state index in [0.29, 0.717) is 12.6 Å². The van der Waals surface area contributed by atoms with Crippen LogP contribution in [0.5, 0.6) is 0 Å². The van der Waals surface area contributed by atoms with Gasteiger partial charge in [-0.3, -0.25) is 0 Å². The summed E-state index contributed by atoms with van der Waals surface area (Å²) in [7, 11) is 0. The Hall–Kier alpha value is -0.900. The molecule has 0 bridgehead atoms. The molecule has 1 fully saturated rings. The van der Waals surface area contributed by atoms with E-state index in [9.17, 15) is 0 Å². The average Bonchev–Trinajstić information content (AvgIpc) is 3.13. The Kier molecular flexibility index (Phi) is 3.64. The van der Waals surface area contributed by atoms with Crippen LogP contribution in [0, 0.1) is 5.92 Å². The van der Waals surface area contributed by atoms with Gasteiger partial charge in [-0.05, 0) is 41.3 Å². The molecular formula is C15H20N2S. The molecule has 18 heavy (non-hydrogen) atoms. The van der Waals surface area contributed by atoms with Gasteiger partial charge in [0.2, 0.25) is 0 Å². The molecule has 0 spiro atoms. The lowest BCUT2D eigenvalue weighted by Gasteiger charge is -2.16. The third-order valence-electron chi connectivity index (χ3n) is 3.76. The van der Waals surface area contributed by atoms with Crippen molar-refractivity contribution in [2.45, 2.75) is 25.3 Å². The van der Waals surface area contributed by atoms with Crippen LogP contribution in [0.4, 0.5) is 0 Å². The van der Waals surface area contributed by atoms with Gasteiger partial charge in [0.25, 0.3) is 0 Å². The van der Waals surface area contributed by atoms with Crippen LogP contribution in [0.25, 0.3) is 10.1 Å². The van der Waals surface area contributed by atoms with Crippen LogP contribution in [0.15, 0.2) is 29.6 Å². The van der Waals surface area contributed by atoms with Gasteiger partial charge < -0.3 is 11.1 Å². The summed E-state index contributed by atoms with van der Waals surface area (Å²) in [5.41, 5.74) is 7.30. The Bertz CT molecular complexity index is 516. The second-order valence-electron chi connectivity index (χ2n) is 5.16. The molecule has 0 saturated heterocycles. The molecule has 2 aromatic rings. The van der Waals surface area contributed by atoms with Crippen LogP contribution in [0.3, 0.4) is 0 Å². The highest BCUT2D eigenvalue weighted by molar-refractivity contribution is 7.17. The maximum absolute atomic E-state index is 5.93. The number of nitrogens with two attached hydrogens (primary N) is 1. The lowest BCUT2D eigenvalue weighted by atomic mass is 10.1. The second kappa shape index (κ2) is 5.39. The smallest absolute Gasteiger partial charge is 0.0459 e. The SMILES string of the molecule is NCC(NCCC1CC1)c1csc2ccccc12. The lowest BCUT2D eigenvalue weighted by molar-refractivity contribution is 0.519. The normalized spacial score (nSPS) is 17.2. The number of thiophene rings is 1. The Morgan fingerprint density at radius 1 is 1.33 bits per heavy atom. The number of hydrogen-bond donors (Lipinski definition) is 2. The summed E-state index contributed by atoms with van der Waals surface area (Å²) in [6.07, 6.45) is 4.16. The molecule has 1 aliphatic rings. The largest absolute Gasteiger partial charge is 0.329 e. The van der Waals surface area contributed by atoms with Gasteiger partial charge in [0.1, 0.15) is 0 Å². The maximum atomic E-state index is 5.93. The van der Waals surface area contributed by atoms with Gasteiger partial charge >= 0.3 is 0 Å². The van der Waals surface area contributed by atoms with Crippen LogP contribution >= 0.6 is 11.3 Å². The first-order chi connectivity index (χ1) is 8.88. The van der Waals surface area contributed by atoms with Crippen molar-refractivity contribution in [3.05, 3.63) is 35.2 Å². The van der Waals surface area contributed by atoms with E-state index in [1.807, 2.05) is 11.3 Å². The zero-order chi connectivity index (χ0) is 12.4. The van der Waals surface area contributed by atoms with Crippen LogP contribution in [0.2, 0.25) is 0 Å².